The van der Waals surface area contributed by atoms with E-state index in [4.69, 9.17) is 16.3 Å². The fraction of sp³-hybridized carbons (Fsp3) is 0.634. The van der Waals surface area contributed by atoms with Crippen LogP contribution in [0.2, 0.25) is 5.02 Å². The minimum atomic E-state index is -3.93. The van der Waals surface area contributed by atoms with Gasteiger partial charge in [-0.05, 0) is 130 Å². The Morgan fingerprint density at radius 2 is 1.87 bits per heavy atom. The van der Waals surface area contributed by atoms with Crippen LogP contribution < -0.4 is 19.7 Å². The number of benzene rings is 2. The fourth-order valence-electron chi connectivity index (χ4n) is 8.60. The van der Waals surface area contributed by atoms with Crippen LogP contribution in [-0.4, -0.2) is 83.1 Å². The predicted molar refractivity (Wildman–Crippen MR) is 209 cm³/mol. The summed E-state index contributed by atoms with van der Waals surface area (Å²) < 4.78 is 50.3. The van der Waals surface area contributed by atoms with Gasteiger partial charge in [0.25, 0.3) is 5.91 Å². The molecule has 7 atom stereocenters. The summed E-state index contributed by atoms with van der Waals surface area (Å²) in [6.45, 7) is 12.0. The van der Waals surface area contributed by atoms with Gasteiger partial charge in [0.15, 0.2) is 0 Å². The molecule has 3 aliphatic heterocycles. The van der Waals surface area contributed by atoms with Crippen LogP contribution in [0.5, 0.6) is 5.75 Å². The maximum Gasteiger partial charge on any atom is 0.264 e. The Balaban J connectivity index is 1.35. The third-order valence-corrected chi connectivity index (χ3v) is 14.3. The zero-order chi connectivity index (χ0) is 36.8. The first kappa shape index (κ1) is 39.0. The van der Waals surface area contributed by atoms with Crippen molar-refractivity contribution in [3.8, 4) is 5.75 Å². The lowest BCUT2D eigenvalue weighted by Gasteiger charge is -2.45. The zero-order valence-electron chi connectivity index (χ0n) is 31.2. The lowest BCUT2D eigenvalue weighted by Crippen LogP contribution is -2.46. The summed E-state index contributed by atoms with van der Waals surface area (Å²) in [5, 5.41) is 3.41. The molecule has 2 aromatic carbocycles. The number of nitrogens with one attached hydrogen (secondary N) is 2. The Kier molecular flexibility index (Phi) is 13.3. The number of halogens is 2. The average molecular weight is 757 g/mol. The molecule has 0 spiro atoms. The molecule has 286 valence electrons. The van der Waals surface area contributed by atoms with Gasteiger partial charge >= 0.3 is 0 Å². The standard InChI is InChI=1S/C41H58ClFN4O4S/c1-4-7-30-22-35(42)13-15-37(30)34-26-47-25-33-11-14-38(33)32(24-46-20-6-10-36(43)17-18-44-19-21-46)9-5-8-28(2)29(3)52(49,50)45-41(48)31-12-16-40(51-27-34)39(47)23-31/h5,9,12-13,15-16,22-23,28-29,32-34,36,38,44H,4,6-8,10-11,14,17-21,24-27H2,1-3H3,(H,45,48)/b9-5+/t28-,29+,32?,33-,34-,36+,38-/m0/s1. The number of ether oxygens (including phenoxy) is 1. The van der Waals surface area contributed by atoms with Crippen LogP contribution in [0.1, 0.15) is 93.1 Å². The van der Waals surface area contributed by atoms with E-state index < -0.39 is 27.4 Å². The molecular formula is C41H58ClFN4O4S. The lowest BCUT2D eigenvalue weighted by atomic mass is 9.66. The smallest absolute Gasteiger partial charge is 0.264 e. The third kappa shape index (κ3) is 9.52. The SMILES string of the molecule is CCCc1cc(Cl)ccc1[C@@H]1COc2ccc3cc2N(C1)C[C@@H]1CC[C@H]1C(CN1CCC[C@@H](F)CCNCC1)/C=C/C[C@H](C)[C@@H](C)S(=O)(=O)NC3=O. The first-order valence-corrected chi connectivity index (χ1v) is 21.5. The van der Waals surface area contributed by atoms with E-state index in [-0.39, 0.29) is 17.8 Å². The van der Waals surface area contributed by atoms with Gasteiger partial charge in [0.2, 0.25) is 10.0 Å². The van der Waals surface area contributed by atoms with Crippen molar-refractivity contribution in [1.29, 1.82) is 0 Å². The molecule has 1 amide bonds. The van der Waals surface area contributed by atoms with Gasteiger partial charge in [0, 0.05) is 49.2 Å². The Hall–Kier alpha value is -2.66. The van der Waals surface area contributed by atoms with Crippen molar-refractivity contribution in [3.63, 3.8) is 0 Å². The average Bonchev–Trinajstić information content (AvgIpc) is 3.28. The molecule has 2 bridgehead atoms. The maximum absolute atomic E-state index is 14.4. The van der Waals surface area contributed by atoms with E-state index in [1.54, 1.807) is 13.0 Å². The van der Waals surface area contributed by atoms with E-state index in [9.17, 15) is 17.6 Å². The molecule has 1 saturated heterocycles. The first-order valence-electron chi connectivity index (χ1n) is 19.6. The summed E-state index contributed by atoms with van der Waals surface area (Å²) in [4.78, 5) is 18.4. The number of hydrogen-bond acceptors (Lipinski definition) is 7. The number of hydrogen-bond donors (Lipinski definition) is 2. The number of carbonyl (C=O) groups is 1. The highest BCUT2D eigenvalue weighted by Crippen LogP contribution is 2.44. The Morgan fingerprint density at radius 3 is 2.65 bits per heavy atom. The number of amides is 1. The van der Waals surface area contributed by atoms with Crippen LogP contribution in [0.25, 0.3) is 0 Å². The summed E-state index contributed by atoms with van der Waals surface area (Å²) in [6, 6.07) is 11.5. The summed E-state index contributed by atoms with van der Waals surface area (Å²) in [5.41, 5.74) is 3.60. The molecule has 2 fully saturated rings. The number of anilines is 1. The van der Waals surface area contributed by atoms with Gasteiger partial charge in [-0.3, -0.25) is 4.79 Å². The van der Waals surface area contributed by atoms with Crippen LogP contribution in [0.3, 0.4) is 0 Å². The van der Waals surface area contributed by atoms with Gasteiger partial charge in [-0.25, -0.2) is 17.5 Å². The van der Waals surface area contributed by atoms with Crippen molar-refractivity contribution in [1.82, 2.24) is 14.9 Å². The Bertz CT molecular complexity index is 1670. The molecule has 6 rings (SSSR count). The largest absolute Gasteiger partial charge is 0.491 e. The van der Waals surface area contributed by atoms with E-state index >= 15 is 0 Å². The minimum absolute atomic E-state index is 0.0758. The van der Waals surface area contributed by atoms with Gasteiger partial charge in [-0.1, -0.05) is 50.1 Å². The molecule has 52 heavy (non-hydrogen) atoms. The number of aryl methyl sites for hydroxylation is 1. The second kappa shape index (κ2) is 17.7. The van der Waals surface area contributed by atoms with Crippen molar-refractivity contribution >= 4 is 33.2 Å². The second-order valence-electron chi connectivity index (χ2n) is 15.8. The third-order valence-electron chi connectivity index (χ3n) is 12.1. The van der Waals surface area contributed by atoms with Crippen molar-refractivity contribution in [2.24, 2.45) is 23.7 Å². The predicted octanol–water partition coefficient (Wildman–Crippen LogP) is 7.38. The monoisotopic (exact) mass is 756 g/mol. The Labute approximate surface area is 315 Å². The summed E-state index contributed by atoms with van der Waals surface area (Å²) in [6.07, 6.45) is 10.5. The molecule has 11 heteroatoms. The van der Waals surface area contributed by atoms with Crippen molar-refractivity contribution in [3.05, 3.63) is 70.3 Å². The maximum atomic E-state index is 14.4. The van der Waals surface area contributed by atoms with Gasteiger partial charge in [-0.15, -0.1) is 0 Å². The molecule has 0 aromatic heterocycles. The molecule has 1 saturated carbocycles. The van der Waals surface area contributed by atoms with Crippen LogP contribution in [0.15, 0.2) is 48.6 Å². The van der Waals surface area contributed by atoms with E-state index in [0.717, 1.165) is 75.5 Å². The van der Waals surface area contributed by atoms with Crippen LogP contribution in [0, 0.1) is 23.7 Å². The number of alkyl halides is 1. The second-order valence-corrected chi connectivity index (χ2v) is 18.2. The molecule has 4 aliphatic rings. The molecule has 8 nitrogen and oxygen atoms in total. The van der Waals surface area contributed by atoms with E-state index in [2.05, 4.69) is 51.0 Å². The van der Waals surface area contributed by atoms with Gasteiger partial charge < -0.3 is 19.9 Å². The molecule has 0 radical (unpaired) electrons. The summed E-state index contributed by atoms with van der Waals surface area (Å²) >= 11 is 6.47. The van der Waals surface area contributed by atoms with E-state index in [1.165, 1.54) is 11.1 Å². The van der Waals surface area contributed by atoms with Gasteiger partial charge in [0.05, 0.1) is 17.5 Å². The van der Waals surface area contributed by atoms with Gasteiger partial charge in [-0.2, -0.15) is 0 Å². The zero-order valence-corrected chi connectivity index (χ0v) is 32.7. The number of rotatable bonds is 5. The number of fused-ring (bicyclic) bond motifs is 2. The normalized spacial score (nSPS) is 31.2. The number of carbonyl (C=O) groups excluding carboxylic acids is 1. The number of nitrogens with zero attached hydrogens (tertiary/aromatic N) is 2. The highest BCUT2D eigenvalue weighted by Gasteiger charge is 2.39. The fourth-order valence-corrected chi connectivity index (χ4v) is 10.1. The topological polar surface area (TPSA) is 91.0 Å². The molecule has 1 unspecified atom stereocenters. The van der Waals surface area contributed by atoms with Crippen LogP contribution in [-0.2, 0) is 16.4 Å². The summed E-state index contributed by atoms with van der Waals surface area (Å²) in [5.74, 6) is 1.13. The van der Waals surface area contributed by atoms with Crippen molar-refractivity contribution in [2.75, 3.05) is 57.3 Å². The summed E-state index contributed by atoms with van der Waals surface area (Å²) in [7, 11) is -3.93. The van der Waals surface area contributed by atoms with Crippen LogP contribution >= 0.6 is 11.6 Å². The van der Waals surface area contributed by atoms with Gasteiger partial charge in [0.1, 0.15) is 11.9 Å². The number of sulfonamides is 1. The molecule has 1 aliphatic carbocycles. The highest BCUT2D eigenvalue weighted by atomic mass is 35.5. The van der Waals surface area contributed by atoms with Crippen molar-refractivity contribution in [2.45, 2.75) is 89.5 Å². The lowest BCUT2D eigenvalue weighted by molar-refractivity contribution is 0.0979. The van der Waals surface area contributed by atoms with E-state index in [1.807, 2.05) is 25.1 Å². The number of allylic oxidation sites excluding steroid dienone is 1. The minimum Gasteiger partial charge on any atom is -0.491 e. The van der Waals surface area contributed by atoms with E-state index in [0.29, 0.717) is 62.1 Å². The quantitative estimate of drug-likeness (QED) is 0.308. The molecule has 2 aromatic rings. The van der Waals surface area contributed by atoms with Crippen LogP contribution in [0.4, 0.5) is 10.1 Å². The first-order chi connectivity index (χ1) is 25.0. The van der Waals surface area contributed by atoms with Crippen molar-refractivity contribution < 1.29 is 22.3 Å². The highest BCUT2D eigenvalue weighted by molar-refractivity contribution is 7.90. The molecule has 3 heterocycles. The Morgan fingerprint density at radius 1 is 1.02 bits per heavy atom. The molecular weight excluding hydrogens is 699 g/mol. The molecule has 2 N–H and O–H groups in total.